The molecule has 1 aromatic rings. The van der Waals surface area contributed by atoms with Gasteiger partial charge in [-0.3, -0.25) is 10.3 Å². The number of nitrogens with two attached hydrogens (primary N) is 1. The number of amidine groups is 1. The van der Waals surface area contributed by atoms with E-state index >= 15 is 0 Å². The largest absolute Gasteiger partial charge is 0.496 e. The predicted molar refractivity (Wildman–Crippen MR) is 83.3 cm³/mol. The Kier molecular flexibility index (Phi) is 6.18. The smallest absolute Gasteiger partial charge is 0.123 e. The first kappa shape index (κ1) is 15.9. The lowest BCUT2D eigenvalue weighted by atomic mass is 10.1. The van der Waals surface area contributed by atoms with Crippen molar-refractivity contribution in [2.45, 2.75) is 19.5 Å². The standard InChI is InChI=1S/C14H23N3OS/c1-10(9-19-4)17(2)8-12-7-11(14(15)16)5-6-13(12)18-3/h5-7,10H,8-9H2,1-4H3,(H3,15,16). The molecule has 3 N–H and O–H groups in total. The maximum absolute atomic E-state index is 7.51. The molecule has 0 saturated heterocycles. The van der Waals surface area contributed by atoms with E-state index in [-0.39, 0.29) is 5.84 Å². The van der Waals surface area contributed by atoms with Crippen LogP contribution in [-0.2, 0) is 6.54 Å². The summed E-state index contributed by atoms with van der Waals surface area (Å²) in [6.07, 6.45) is 2.11. The van der Waals surface area contributed by atoms with Crippen LogP contribution < -0.4 is 10.5 Å². The number of hydrogen-bond donors (Lipinski definition) is 2. The number of nitrogen functional groups attached to an aromatic ring is 1. The van der Waals surface area contributed by atoms with Crippen LogP contribution in [0.3, 0.4) is 0 Å². The third kappa shape index (κ3) is 4.44. The number of methoxy groups -OCH3 is 1. The zero-order chi connectivity index (χ0) is 14.4. The molecule has 106 valence electrons. The normalized spacial score (nSPS) is 12.5. The molecule has 0 bridgehead atoms. The second-order valence-corrected chi connectivity index (χ2v) is 5.57. The molecule has 1 rings (SSSR count). The molecule has 0 aliphatic carbocycles. The number of thioether (sulfide) groups is 1. The van der Waals surface area contributed by atoms with Gasteiger partial charge in [-0.15, -0.1) is 0 Å². The molecule has 0 aliphatic heterocycles. The van der Waals surface area contributed by atoms with E-state index in [0.717, 1.165) is 29.2 Å². The Bertz CT molecular complexity index is 437. The van der Waals surface area contributed by atoms with Crippen LogP contribution in [0.1, 0.15) is 18.1 Å². The molecular formula is C14H23N3OS. The van der Waals surface area contributed by atoms with Gasteiger partial charge in [-0.1, -0.05) is 0 Å². The fourth-order valence-corrected chi connectivity index (χ4v) is 2.60. The van der Waals surface area contributed by atoms with Gasteiger partial charge in [0.1, 0.15) is 11.6 Å². The summed E-state index contributed by atoms with van der Waals surface area (Å²) in [5.74, 6) is 2.02. The van der Waals surface area contributed by atoms with Crippen molar-refractivity contribution in [3.8, 4) is 5.75 Å². The molecule has 1 atom stereocenters. The quantitative estimate of drug-likeness (QED) is 0.594. The fraction of sp³-hybridized carbons (Fsp3) is 0.500. The number of nitrogens with one attached hydrogen (secondary N) is 1. The van der Waals surface area contributed by atoms with Crippen LogP contribution in [0, 0.1) is 5.41 Å². The van der Waals surface area contributed by atoms with E-state index in [1.807, 2.05) is 30.0 Å². The first-order valence-corrected chi connectivity index (χ1v) is 7.59. The van der Waals surface area contributed by atoms with E-state index in [1.54, 1.807) is 7.11 Å². The molecule has 0 aromatic heterocycles. The number of benzene rings is 1. The molecule has 0 fully saturated rings. The van der Waals surface area contributed by atoms with Crippen LogP contribution in [0.2, 0.25) is 0 Å². The van der Waals surface area contributed by atoms with Gasteiger partial charge in [0.05, 0.1) is 7.11 Å². The molecule has 0 heterocycles. The molecule has 19 heavy (non-hydrogen) atoms. The van der Waals surface area contributed by atoms with Gasteiger partial charge in [0.15, 0.2) is 0 Å². The van der Waals surface area contributed by atoms with Crippen molar-refractivity contribution in [3.63, 3.8) is 0 Å². The van der Waals surface area contributed by atoms with Crippen LogP contribution in [0.4, 0.5) is 0 Å². The number of hydrogen-bond acceptors (Lipinski definition) is 4. The third-order valence-electron chi connectivity index (χ3n) is 3.17. The summed E-state index contributed by atoms with van der Waals surface area (Å²) in [4.78, 5) is 2.28. The van der Waals surface area contributed by atoms with Crippen molar-refractivity contribution >= 4 is 17.6 Å². The SMILES string of the molecule is COc1ccc(C(=N)N)cc1CN(C)C(C)CSC. The second-order valence-electron chi connectivity index (χ2n) is 4.66. The molecule has 0 spiro atoms. The maximum Gasteiger partial charge on any atom is 0.123 e. The summed E-state index contributed by atoms with van der Waals surface area (Å²) in [5.41, 5.74) is 7.34. The van der Waals surface area contributed by atoms with Crippen molar-refractivity contribution < 1.29 is 4.74 Å². The van der Waals surface area contributed by atoms with E-state index in [1.165, 1.54) is 0 Å². The van der Waals surface area contributed by atoms with Gasteiger partial charge in [0.25, 0.3) is 0 Å². The van der Waals surface area contributed by atoms with Crippen LogP contribution in [0.25, 0.3) is 0 Å². The minimum absolute atomic E-state index is 0.0868. The van der Waals surface area contributed by atoms with Crippen molar-refractivity contribution in [2.75, 3.05) is 26.2 Å². The molecule has 0 aliphatic rings. The lowest BCUT2D eigenvalue weighted by Gasteiger charge is -2.25. The van der Waals surface area contributed by atoms with E-state index < -0.39 is 0 Å². The van der Waals surface area contributed by atoms with Crippen LogP contribution in [0.15, 0.2) is 18.2 Å². The highest BCUT2D eigenvalue weighted by atomic mass is 32.2. The number of nitrogens with zero attached hydrogens (tertiary/aromatic N) is 1. The predicted octanol–water partition coefficient (Wildman–Crippen LogP) is 2.16. The molecule has 4 nitrogen and oxygen atoms in total. The molecule has 1 unspecified atom stereocenters. The summed E-state index contributed by atoms with van der Waals surface area (Å²) in [5, 5.41) is 7.51. The molecule has 0 saturated carbocycles. The van der Waals surface area contributed by atoms with Gasteiger partial charge in [-0.2, -0.15) is 11.8 Å². The molecule has 0 radical (unpaired) electrons. The first-order chi connectivity index (χ1) is 8.99. The lowest BCUT2D eigenvalue weighted by molar-refractivity contribution is 0.265. The van der Waals surface area contributed by atoms with Crippen molar-refractivity contribution in [1.82, 2.24) is 4.90 Å². The summed E-state index contributed by atoms with van der Waals surface area (Å²) >= 11 is 1.84. The van der Waals surface area contributed by atoms with Crippen LogP contribution >= 0.6 is 11.8 Å². The van der Waals surface area contributed by atoms with E-state index in [2.05, 4.69) is 25.1 Å². The Labute approximate surface area is 119 Å². The fourth-order valence-electron chi connectivity index (χ4n) is 1.86. The van der Waals surface area contributed by atoms with Gasteiger partial charge >= 0.3 is 0 Å². The van der Waals surface area contributed by atoms with Crippen molar-refractivity contribution in [1.29, 1.82) is 5.41 Å². The maximum atomic E-state index is 7.51. The Morgan fingerprint density at radius 1 is 1.53 bits per heavy atom. The molecular weight excluding hydrogens is 258 g/mol. The summed E-state index contributed by atoms with van der Waals surface area (Å²) < 4.78 is 5.38. The Morgan fingerprint density at radius 2 is 2.21 bits per heavy atom. The van der Waals surface area contributed by atoms with Crippen molar-refractivity contribution in [3.05, 3.63) is 29.3 Å². The zero-order valence-electron chi connectivity index (χ0n) is 12.1. The lowest BCUT2D eigenvalue weighted by Crippen LogP contribution is -2.30. The summed E-state index contributed by atoms with van der Waals surface area (Å²) in [6.45, 7) is 2.99. The zero-order valence-corrected chi connectivity index (χ0v) is 12.9. The average Bonchev–Trinajstić information content (AvgIpc) is 2.38. The molecule has 0 amide bonds. The van der Waals surface area contributed by atoms with Crippen LogP contribution in [0.5, 0.6) is 5.75 Å². The third-order valence-corrected chi connectivity index (χ3v) is 3.99. The van der Waals surface area contributed by atoms with Crippen molar-refractivity contribution in [2.24, 2.45) is 5.73 Å². The topological polar surface area (TPSA) is 62.3 Å². The minimum Gasteiger partial charge on any atom is -0.496 e. The van der Waals surface area contributed by atoms with Gasteiger partial charge in [0, 0.05) is 29.5 Å². The highest BCUT2D eigenvalue weighted by molar-refractivity contribution is 7.98. The van der Waals surface area contributed by atoms with Crippen LogP contribution in [-0.4, -0.2) is 42.9 Å². The minimum atomic E-state index is 0.0868. The number of ether oxygens (including phenoxy) is 1. The Morgan fingerprint density at radius 3 is 2.74 bits per heavy atom. The van der Waals surface area contributed by atoms with E-state index in [9.17, 15) is 0 Å². The Hall–Kier alpha value is -1.20. The summed E-state index contributed by atoms with van der Waals surface area (Å²) in [6, 6.07) is 6.11. The average molecular weight is 281 g/mol. The van der Waals surface area contributed by atoms with E-state index in [4.69, 9.17) is 15.9 Å². The first-order valence-electron chi connectivity index (χ1n) is 6.20. The number of rotatable bonds is 7. The second kappa shape index (κ2) is 7.40. The molecule has 5 heteroatoms. The van der Waals surface area contributed by atoms with Gasteiger partial charge in [-0.25, -0.2) is 0 Å². The Balaban J connectivity index is 2.91. The van der Waals surface area contributed by atoms with Gasteiger partial charge in [-0.05, 0) is 38.4 Å². The highest BCUT2D eigenvalue weighted by Gasteiger charge is 2.13. The summed E-state index contributed by atoms with van der Waals surface area (Å²) in [7, 11) is 3.76. The highest BCUT2D eigenvalue weighted by Crippen LogP contribution is 2.22. The van der Waals surface area contributed by atoms with E-state index in [0.29, 0.717) is 6.04 Å². The van der Waals surface area contributed by atoms with Gasteiger partial charge in [0.2, 0.25) is 0 Å². The molecule has 1 aromatic carbocycles. The monoisotopic (exact) mass is 281 g/mol. The van der Waals surface area contributed by atoms with Gasteiger partial charge < -0.3 is 10.5 Å².